The van der Waals surface area contributed by atoms with Crippen LogP contribution in [0.25, 0.3) is 10.9 Å². The van der Waals surface area contributed by atoms with Gasteiger partial charge in [-0.15, -0.1) is 0 Å². The van der Waals surface area contributed by atoms with Gasteiger partial charge in [0.2, 0.25) is 0 Å². The number of aromatic amines is 1. The fourth-order valence-electron chi connectivity index (χ4n) is 3.24. The van der Waals surface area contributed by atoms with E-state index in [-0.39, 0.29) is 30.9 Å². The number of fused-ring (bicyclic) bond motifs is 5. The zero-order valence-electron chi connectivity index (χ0n) is 11.4. The average Bonchev–Trinajstić information content (AvgIpc) is 2.85. The first-order valence-corrected chi connectivity index (χ1v) is 7.21. The number of carbonyl (C=O) groups is 2. The summed E-state index contributed by atoms with van der Waals surface area (Å²) in [5, 5.41) is 1.15. The maximum absolute atomic E-state index is 11.8. The Morgan fingerprint density at radius 3 is 2.62 bits per heavy atom. The minimum Gasteiger partial charge on any atom is -0.458 e. The highest BCUT2D eigenvalue weighted by Gasteiger charge is 2.38. The lowest BCUT2D eigenvalue weighted by molar-refractivity contribution is -0.177. The minimum atomic E-state index is -0.516. The van der Waals surface area contributed by atoms with Crippen molar-refractivity contribution in [2.75, 3.05) is 0 Å². The molecule has 2 atom stereocenters. The van der Waals surface area contributed by atoms with Crippen LogP contribution in [0.4, 0.5) is 0 Å². The van der Waals surface area contributed by atoms with Crippen LogP contribution in [0.2, 0.25) is 0 Å². The van der Waals surface area contributed by atoms with Crippen molar-refractivity contribution in [1.29, 1.82) is 0 Å². The molecule has 2 unspecified atom stereocenters. The number of hydrogen-bond donors (Lipinski definition) is 1. The molecule has 0 bridgehead atoms. The van der Waals surface area contributed by atoms with E-state index in [0.717, 1.165) is 28.6 Å². The third-order valence-corrected chi connectivity index (χ3v) is 4.22. The van der Waals surface area contributed by atoms with Gasteiger partial charge in [0.05, 0.1) is 18.5 Å². The SMILES string of the molecule is O=C1CCC(=O)OC2c3[nH]c4ccccc4c3CCC2O1. The summed E-state index contributed by atoms with van der Waals surface area (Å²) in [6.07, 6.45) is 0.767. The quantitative estimate of drug-likeness (QED) is 0.755. The van der Waals surface area contributed by atoms with Gasteiger partial charge in [0, 0.05) is 10.9 Å². The Balaban J connectivity index is 1.81. The van der Waals surface area contributed by atoms with E-state index in [2.05, 4.69) is 11.1 Å². The molecule has 1 aromatic heterocycles. The highest BCUT2D eigenvalue weighted by atomic mass is 16.6. The van der Waals surface area contributed by atoms with E-state index in [0.29, 0.717) is 6.42 Å². The Labute approximate surface area is 121 Å². The third-order valence-electron chi connectivity index (χ3n) is 4.22. The smallest absolute Gasteiger partial charge is 0.307 e. The van der Waals surface area contributed by atoms with E-state index in [1.165, 1.54) is 0 Å². The summed E-state index contributed by atoms with van der Waals surface area (Å²) >= 11 is 0. The molecule has 2 aromatic rings. The molecule has 1 aromatic carbocycles. The summed E-state index contributed by atoms with van der Waals surface area (Å²) < 4.78 is 11.0. The number of aromatic nitrogens is 1. The van der Waals surface area contributed by atoms with Crippen LogP contribution in [0.15, 0.2) is 24.3 Å². The maximum atomic E-state index is 11.8. The number of benzene rings is 1. The fraction of sp³-hybridized carbons (Fsp3) is 0.375. The number of H-pyrrole nitrogens is 1. The molecule has 0 saturated carbocycles. The van der Waals surface area contributed by atoms with Gasteiger partial charge in [0.15, 0.2) is 6.10 Å². The molecule has 2 heterocycles. The van der Waals surface area contributed by atoms with Crippen molar-refractivity contribution >= 4 is 22.8 Å². The molecule has 5 heteroatoms. The number of aryl methyl sites for hydroxylation is 1. The van der Waals surface area contributed by atoms with Gasteiger partial charge in [-0.3, -0.25) is 9.59 Å². The molecule has 21 heavy (non-hydrogen) atoms. The Morgan fingerprint density at radius 2 is 1.76 bits per heavy atom. The lowest BCUT2D eigenvalue weighted by Crippen LogP contribution is -2.35. The molecule has 108 valence electrons. The highest BCUT2D eigenvalue weighted by molar-refractivity contribution is 5.85. The molecule has 1 fully saturated rings. The topological polar surface area (TPSA) is 68.4 Å². The predicted molar refractivity (Wildman–Crippen MR) is 74.6 cm³/mol. The van der Waals surface area contributed by atoms with Gasteiger partial charge in [-0.25, -0.2) is 0 Å². The summed E-state index contributed by atoms with van der Waals surface area (Å²) in [4.78, 5) is 26.8. The van der Waals surface area contributed by atoms with E-state index in [4.69, 9.17) is 9.47 Å². The van der Waals surface area contributed by atoms with Crippen LogP contribution in [-0.4, -0.2) is 23.0 Å². The minimum absolute atomic E-state index is 0.0810. The zero-order chi connectivity index (χ0) is 14.4. The van der Waals surface area contributed by atoms with Gasteiger partial charge in [-0.2, -0.15) is 0 Å². The highest BCUT2D eigenvalue weighted by Crippen LogP contribution is 2.39. The molecule has 0 radical (unpaired) electrons. The van der Waals surface area contributed by atoms with E-state index in [9.17, 15) is 9.59 Å². The number of rotatable bonds is 0. The van der Waals surface area contributed by atoms with Crippen LogP contribution in [0.5, 0.6) is 0 Å². The van der Waals surface area contributed by atoms with Gasteiger partial charge < -0.3 is 14.5 Å². The first-order chi connectivity index (χ1) is 10.2. The first kappa shape index (κ1) is 12.4. The number of para-hydroxylation sites is 1. The number of esters is 2. The van der Waals surface area contributed by atoms with Crippen molar-refractivity contribution in [1.82, 2.24) is 4.98 Å². The first-order valence-electron chi connectivity index (χ1n) is 7.21. The number of ether oxygens (including phenoxy) is 2. The molecule has 0 spiro atoms. The number of carbonyl (C=O) groups excluding carboxylic acids is 2. The molecule has 1 N–H and O–H groups in total. The Morgan fingerprint density at radius 1 is 1.00 bits per heavy atom. The molecule has 4 rings (SSSR count). The zero-order valence-corrected chi connectivity index (χ0v) is 11.4. The van der Waals surface area contributed by atoms with Gasteiger partial charge in [-0.05, 0) is 24.5 Å². The van der Waals surface area contributed by atoms with Crippen LogP contribution in [0.1, 0.15) is 36.6 Å². The summed E-state index contributed by atoms with van der Waals surface area (Å²) in [5.74, 6) is -0.658. The summed E-state index contributed by atoms with van der Waals surface area (Å²) in [6, 6.07) is 8.01. The second-order valence-corrected chi connectivity index (χ2v) is 5.54. The lowest BCUT2D eigenvalue weighted by Gasteiger charge is -2.32. The molecular formula is C16H15NO4. The van der Waals surface area contributed by atoms with Crippen LogP contribution in [0.3, 0.4) is 0 Å². The van der Waals surface area contributed by atoms with E-state index >= 15 is 0 Å². The van der Waals surface area contributed by atoms with Crippen LogP contribution in [0, 0.1) is 0 Å². The van der Waals surface area contributed by atoms with Crippen LogP contribution in [-0.2, 0) is 25.5 Å². The summed E-state index contributed by atoms with van der Waals surface area (Å²) in [5.41, 5.74) is 3.05. The predicted octanol–water partition coefficient (Wildman–Crippen LogP) is 2.40. The number of hydrogen-bond acceptors (Lipinski definition) is 4. The molecule has 0 amide bonds. The Hall–Kier alpha value is -2.30. The second kappa shape index (κ2) is 4.62. The van der Waals surface area contributed by atoms with E-state index in [1.54, 1.807) is 0 Å². The fourth-order valence-corrected chi connectivity index (χ4v) is 3.24. The Kier molecular flexibility index (Phi) is 2.74. The van der Waals surface area contributed by atoms with Crippen molar-refractivity contribution in [3.63, 3.8) is 0 Å². The monoisotopic (exact) mass is 285 g/mol. The van der Waals surface area contributed by atoms with E-state index < -0.39 is 6.10 Å². The molecule has 1 aliphatic heterocycles. The molecule has 1 saturated heterocycles. The van der Waals surface area contributed by atoms with Gasteiger partial charge in [0.1, 0.15) is 6.10 Å². The van der Waals surface area contributed by atoms with Crippen molar-refractivity contribution < 1.29 is 19.1 Å². The molecule has 5 nitrogen and oxygen atoms in total. The average molecular weight is 285 g/mol. The summed E-state index contributed by atoms with van der Waals surface area (Å²) in [7, 11) is 0. The van der Waals surface area contributed by atoms with Crippen molar-refractivity contribution in [2.24, 2.45) is 0 Å². The Bertz CT molecular complexity index is 733. The van der Waals surface area contributed by atoms with Crippen molar-refractivity contribution in [2.45, 2.75) is 37.9 Å². The van der Waals surface area contributed by atoms with Crippen LogP contribution >= 0.6 is 0 Å². The largest absolute Gasteiger partial charge is 0.458 e. The van der Waals surface area contributed by atoms with E-state index in [1.807, 2.05) is 18.2 Å². The lowest BCUT2D eigenvalue weighted by atomic mass is 9.90. The third kappa shape index (κ3) is 2.00. The normalized spacial score (nSPS) is 25.3. The maximum Gasteiger partial charge on any atom is 0.307 e. The molecular weight excluding hydrogens is 270 g/mol. The van der Waals surface area contributed by atoms with Gasteiger partial charge >= 0.3 is 11.9 Å². The van der Waals surface area contributed by atoms with Crippen molar-refractivity contribution in [3.05, 3.63) is 35.5 Å². The van der Waals surface area contributed by atoms with Crippen molar-refractivity contribution in [3.8, 4) is 0 Å². The number of nitrogens with one attached hydrogen (secondary N) is 1. The van der Waals surface area contributed by atoms with Crippen LogP contribution < -0.4 is 0 Å². The van der Waals surface area contributed by atoms with Gasteiger partial charge in [-0.1, -0.05) is 18.2 Å². The second-order valence-electron chi connectivity index (χ2n) is 5.54. The summed E-state index contributed by atoms with van der Waals surface area (Å²) in [6.45, 7) is 0. The molecule has 2 aliphatic rings. The standard InChI is InChI=1S/C16H15NO4/c18-13-7-8-14(19)21-16-12(20-13)6-5-10-9-3-1-2-4-11(9)17-15(10)16/h1-4,12,16-17H,5-8H2. The molecule has 1 aliphatic carbocycles. The van der Waals surface area contributed by atoms with Gasteiger partial charge in [0.25, 0.3) is 0 Å².